The third-order valence-electron chi connectivity index (χ3n) is 9.98. The first-order chi connectivity index (χ1) is 38.7. The molecule has 0 spiro atoms. The number of carbonyl (C=O) groups is 2. The largest absolute Gasteiger partial charge is 0.493 e. The summed E-state index contributed by atoms with van der Waals surface area (Å²) in [6, 6.07) is 21.3. The number of aromatic nitrogens is 14. The van der Waals surface area contributed by atoms with Gasteiger partial charge in [-0.05, 0) is 82.2 Å². The van der Waals surface area contributed by atoms with E-state index < -0.39 is 5.91 Å². The average Bonchev–Trinajstić information content (AvgIpc) is 3.54. The number of nitrogens with one attached hydrogen (secondary N) is 2. The number of nitrogens with two attached hydrogens (primary N) is 1. The fourth-order valence-corrected chi connectivity index (χ4v) is 6.71. The van der Waals surface area contributed by atoms with Gasteiger partial charge in [-0.3, -0.25) is 39.9 Å². The van der Waals surface area contributed by atoms with Gasteiger partial charge in [-0.25, -0.2) is 50.1 Å². The van der Waals surface area contributed by atoms with E-state index in [9.17, 15) is 9.59 Å². The van der Waals surface area contributed by atoms with Crippen molar-refractivity contribution < 1.29 is 29.0 Å². The van der Waals surface area contributed by atoms with Crippen molar-refractivity contribution in [3.05, 3.63) is 223 Å². The van der Waals surface area contributed by atoms with E-state index in [0.717, 1.165) is 14.8 Å². The number of hydrogen-bond acceptors (Lipinski definition) is 24. The Bertz CT molecular complexity index is 3100. The van der Waals surface area contributed by atoms with E-state index in [1.165, 1.54) is 13.3 Å². The van der Waals surface area contributed by atoms with E-state index in [4.69, 9.17) is 25.2 Å². The van der Waals surface area contributed by atoms with Gasteiger partial charge in [0.2, 0.25) is 0 Å². The highest BCUT2D eigenvalue weighted by molar-refractivity contribution is 14.1. The van der Waals surface area contributed by atoms with Crippen molar-refractivity contribution >= 4 is 75.2 Å². The molecule has 80 heavy (non-hydrogen) atoms. The predicted molar refractivity (Wildman–Crippen MR) is 306 cm³/mol. The second-order valence-electron chi connectivity index (χ2n) is 15.1. The van der Waals surface area contributed by atoms with Crippen LogP contribution in [0.4, 0.5) is 40.7 Å². The minimum Gasteiger partial charge on any atom is -0.493 e. The first-order valence-corrected chi connectivity index (χ1v) is 24.2. The number of rotatable bonds is 14. The number of amides is 1. The molecule has 0 aliphatic heterocycles. The lowest BCUT2D eigenvalue weighted by Crippen LogP contribution is -2.20. The molecule has 8 heterocycles. The smallest absolute Gasteiger partial charge is 0.337 e. The quantitative estimate of drug-likeness (QED) is 0.0345. The highest BCUT2D eigenvalue weighted by Crippen LogP contribution is 2.33. The van der Waals surface area contributed by atoms with E-state index in [1.807, 2.05) is 40.1 Å². The Labute approximate surface area is 474 Å². The lowest BCUT2D eigenvalue weighted by atomic mass is 10.1. The molecule has 0 bridgehead atoms. The van der Waals surface area contributed by atoms with Gasteiger partial charge in [-0.15, -0.1) is 0 Å². The Balaban J connectivity index is 0.000000201. The zero-order chi connectivity index (χ0) is 55.9. The van der Waals surface area contributed by atoms with Crippen molar-refractivity contribution in [3.63, 3.8) is 0 Å². The third kappa shape index (κ3) is 19.7. The van der Waals surface area contributed by atoms with Crippen molar-refractivity contribution in [2.45, 2.75) is 20.5 Å². The number of hydroxylamine groups is 1. The van der Waals surface area contributed by atoms with Gasteiger partial charge >= 0.3 is 5.97 Å². The molecule has 0 atom stereocenters. The molecule has 2 aromatic carbocycles. The van der Waals surface area contributed by atoms with E-state index in [0.29, 0.717) is 76.4 Å². The van der Waals surface area contributed by atoms with Crippen LogP contribution in [-0.2, 0) is 17.8 Å². The molecule has 0 aliphatic carbocycles. The molecule has 0 radical (unpaired) electrons. The summed E-state index contributed by atoms with van der Waals surface area (Å²) in [6.07, 6.45) is 32.5. The van der Waals surface area contributed by atoms with Crippen LogP contribution in [0.1, 0.15) is 39.3 Å². The number of nitrogen functional groups attached to an aromatic ring is 1. The SMILES string of the molecule is C.COC(=O)c1ccc(CN(c2cnccn2)c2ncccc2OC)cc1.COc1cccnc1N(Cc1ccc(C(=O)NO)cc1)c1cnccn1.Ic1cnccn1.Nc1cnccn1.c1cnc(Nc2cnccn2)cn1. The molecular formula is C54H54IN19O6. The molecular weight excluding hydrogens is 1140 g/mol. The van der Waals surface area contributed by atoms with Crippen molar-refractivity contribution in [3.8, 4) is 11.5 Å². The van der Waals surface area contributed by atoms with E-state index in [2.05, 4.69) is 97.7 Å². The number of nitrogens with zero attached hydrogens (tertiary/aromatic N) is 16. The predicted octanol–water partition coefficient (Wildman–Crippen LogP) is 8.13. The van der Waals surface area contributed by atoms with Gasteiger partial charge < -0.3 is 35.1 Å². The number of halogens is 1. The fraction of sp³-hybridized carbons (Fsp3) is 0.111. The molecule has 5 N–H and O–H groups in total. The molecule has 0 saturated carbocycles. The van der Waals surface area contributed by atoms with E-state index >= 15 is 0 Å². The second kappa shape index (κ2) is 33.6. The van der Waals surface area contributed by atoms with Gasteiger partial charge in [0.1, 0.15) is 21.2 Å². The summed E-state index contributed by atoms with van der Waals surface area (Å²) in [5.74, 6) is 4.57. The summed E-state index contributed by atoms with van der Waals surface area (Å²) in [4.78, 5) is 83.7. The van der Waals surface area contributed by atoms with Gasteiger partial charge in [-0.1, -0.05) is 31.7 Å². The highest BCUT2D eigenvalue weighted by Gasteiger charge is 2.19. The lowest BCUT2D eigenvalue weighted by Gasteiger charge is -2.24. The Morgan fingerprint density at radius 3 is 1.26 bits per heavy atom. The Morgan fingerprint density at radius 2 is 0.938 bits per heavy atom. The standard InChI is InChI=1S/C19H18N4O3.C18H17N5O3.C8H7N5.C4H3IN2.C4H5N3.CH4/c1-25-16-4-3-9-22-18(16)23(17-12-20-10-11-21-17)13-14-5-7-15(8-6-14)19(24)26-2;1-26-15-3-2-8-21-17(15)23(16-11-19-9-10-20-16)12-13-4-6-14(7-5-13)18(24)22-25;1-3-11-7(5-9-1)13-8-6-10-2-4-12-8;2*5-4-3-6-1-2-7-4;/h3-12H,13H2,1-2H3;2-11,25H,12H2,1H3,(H,22,24);1-6H,(H,11,12,13);1-3H;1-3H,(H2,5,7);1H4. The van der Waals surface area contributed by atoms with Gasteiger partial charge in [-0.2, -0.15) is 0 Å². The first-order valence-electron chi connectivity index (χ1n) is 23.2. The molecule has 0 aliphatic rings. The minimum absolute atomic E-state index is 0. The van der Waals surface area contributed by atoms with Crippen LogP contribution in [0.5, 0.6) is 11.5 Å². The van der Waals surface area contributed by atoms with Crippen molar-refractivity contribution in [1.29, 1.82) is 0 Å². The van der Waals surface area contributed by atoms with Crippen LogP contribution in [0, 0.1) is 3.70 Å². The van der Waals surface area contributed by atoms with E-state index in [1.54, 1.807) is 180 Å². The van der Waals surface area contributed by atoms with Gasteiger partial charge in [0.05, 0.1) is 77.2 Å². The van der Waals surface area contributed by atoms with Crippen LogP contribution in [0.25, 0.3) is 0 Å². The maximum atomic E-state index is 11.6. The van der Waals surface area contributed by atoms with Crippen molar-refractivity contribution in [2.75, 3.05) is 42.2 Å². The van der Waals surface area contributed by atoms with Crippen LogP contribution in [0.2, 0.25) is 0 Å². The first kappa shape index (κ1) is 60.5. The Kier molecular flexibility index (Phi) is 25.4. The number of carbonyl (C=O) groups excluding carboxylic acids is 2. The van der Waals surface area contributed by atoms with Gasteiger partial charge in [0.15, 0.2) is 34.8 Å². The van der Waals surface area contributed by atoms with Crippen LogP contribution in [0.3, 0.4) is 0 Å². The Hall–Kier alpha value is -10.4. The van der Waals surface area contributed by atoms with Gasteiger partial charge in [0.25, 0.3) is 5.91 Å². The monoisotopic (exact) mass is 1190 g/mol. The summed E-state index contributed by atoms with van der Waals surface area (Å²) in [6.45, 7) is 0.917. The molecule has 25 nitrogen and oxygen atoms in total. The van der Waals surface area contributed by atoms with Crippen LogP contribution < -0.4 is 35.8 Å². The minimum atomic E-state index is -0.561. The summed E-state index contributed by atoms with van der Waals surface area (Å²) >= 11 is 2.11. The van der Waals surface area contributed by atoms with Crippen LogP contribution in [-0.4, -0.2) is 108 Å². The number of benzene rings is 2. The number of methoxy groups -OCH3 is 3. The molecule has 0 fully saturated rings. The summed E-state index contributed by atoms with van der Waals surface area (Å²) < 4.78 is 16.5. The number of pyridine rings is 2. The summed E-state index contributed by atoms with van der Waals surface area (Å²) in [5, 5.41) is 11.7. The zero-order valence-corrected chi connectivity index (χ0v) is 44.6. The van der Waals surface area contributed by atoms with Crippen LogP contribution >= 0.6 is 22.6 Å². The molecule has 10 rings (SSSR count). The summed E-state index contributed by atoms with van der Waals surface area (Å²) in [5.41, 5.74) is 9.54. The molecule has 1 amide bonds. The number of hydrogen-bond donors (Lipinski definition) is 4. The highest BCUT2D eigenvalue weighted by atomic mass is 127. The molecule has 0 unspecified atom stereocenters. The molecule has 408 valence electrons. The number of anilines is 7. The molecule has 26 heteroatoms. The maximum Gasteiger partial charge on any atom is 0.337 e. The fourth-order valence-electron chi connectivity index (χ4n) is 6.38. The topological polar surface area (TPSA) is 319 Å². The van der Waals surface area contributed by atoms with Crippen LogP contribution in [0.15, 0.2) is 197 Å². The average molecular weight is 1190 g/mol. The molecule has 0 saturated heterocycles. The maximum absolute atomic E-state index is 11.6. The number of ether oxygens (including phenoxy) is 3. The normalized spacial score (nSPS) is 9.71. The van der Waals surface area contributed by atoms with Crippen molar-refractivity contribution in [2.24, 2.45) is 0 Å². The van der Waals surface area contributed by atoms with Gasteiger partial charge in [0, 0.05) is 92.3 Å². The Morgan fingerprint density at radius 1 is 0.512 bits per heavy atom. The zero-order valence-electron chi connectivity index (χ0n) is 42.5. The molecule has 10 aromatic rings. The number of esters is 1. The third-order valence-corrected chi connectivity index (χ3v) is 10.5. The lowest BCUT2D eigenvalue weighted by molar-refractivity contribution is 0.0600. The second-order valence-corrected chi connectivity index (χ2v) is 16.3. The molecule has 8 aromatic heterocycles. The van der Waals surface area contributed by atoms with Crippen molar-refractivity contribution in [1.82, 2.24) is 75.3 Å². The van der Waals surface area contributed by atoms with E-state index in [-0.39, 0.29) is 13.4 Å². The summed E-state index contributed by atoms with van der Waals surface area (Å²) in [7, 11) is 4.54.